The van der Waals surface area contributed by atoms with E-state index < -0.39 is 11.7 Å². The van der Waals surface area contributed by atoms with Gasteiger partial charge in [0.05, 0.1) is 0 Å². The van der Waals surface area contributed by atoms with Crippen LogP contribution in [0.4, 0.5) is 13.2 Å². The van der Waals surface area contributed by atoms with Crippen molar-refractivity contribution in [1.82, 2.24) is 0 Å². The number of hydrogen-bond donors (Lipinski definition) is 0. The number of halogens is 3. The third-order valence-electron chi connectivity index (χ3n) is 2.63. The normalized spacial score (nSPS) is 15.4. The van der Waals surface area contributed by atoms with E-state index in [0.29, 0.717) is 12.0 Å². The summed E-state index contributed by atoms with van der Waals surface area (Å²) >= 11 is 0. The molecule has 0 radical (unpaired) electrons. The van der Waals surface area contributed by atoms with E-state index in [0.717, 1.165) is 30.9 Å². The molecule has 1 aliphatic rings. The molecule has 0 atom stereocenters. The molecule has 0 N–H and O–H groups in total. The molecule has 0 spiro atoms. The van der Waals surface area contributed by atoms with Gasteiger partial charge in [-0.25, -0.2) is 0 Å². The second-order valence-corrected chi connectivity index (χ2v) is 3.58. The summed E-state index contributed by atoms with van der Waals surface area (Å²) in [4.78, 5) is 0. The topological polar surface area (TPSA) is 0 Å². The van der Waals surface area contributed by atoms with Crippen LogP contribution in [0.3, 0.4) is 0 Å². The van der Waals surface area contributed by atoms with Gasteiger partial charge >= 0.3 is 6.18 Å². The summed E-state index contributed by atoms with van der Waals surface area (Å²) in [7, 11) is 0. The van der Waals surface area contributed by atoms with Gasteiger partial charge in [0.15, 0.2) is 0 Å². The molecule has 0 amide bonds. The van der Waals surface area contributed by atoms with E-state index in [9.17, 15) is 13.2 Å². The Balaban J connectivity index is 0.00000112. The number of benzene rings is 1. The van der Waals surface area contributed by atoms with Crippen LogP contribution in [-0.4, -0.2) is 0 Å². The zero-order valence-corrected chi connectivity index (χ0v) is 11.3. The summed E-state index contributed by atoms with van der Waals surface area (Å²) in [6.07, 6.45) is -1.06. The van der Waals surface area contributed by atoms with Crippen LogP contribution in [0.25, 0.3) is 0 Å². The van der Waals surface area contributed by atoms with E-state index in [1.54, 1.807) is 6.07 Å². The molecule has 0 saturated carbocycles. The molecule has 0 bridgehead atoms. The van der Waals surface area contributed by atoms with E-state index in [-0.39, 0.29) is 19.5 Å². The Hall–Kier alpha value is -0.367. The van der Waals surface area contributed by atoms with Gasteiger partial charge in [0, 0.05) is 19.5 Å². The third-order valence-corrected chi connectivity index (χ3v) is 2.63. The maximum absolute atomic E-state index is 12.6. The van der Waals surface area contributed by atoms with Crippen LogP contribution < -0.4 is 0 Å². The fraction of sp³-hybridized carbons (Fsp3) is 0.455. The molecule has 1 aromatic carbocycles. The number of alkyl halides is 3. The summed E-state index contributed by atoms with van der Waals surface area (Å²) in [5.41, 5.74) is 0.822. The smallest absolute Gasteiger partial charge is 0.183 e. The number of fused-ring (bicyclic) bond motifs is 1. The first-order valence-corrected chi connectivity index (χ1v) is 4.68. The summed E-state index contributed by atoms with van der Waals surface area (Å²) < 4.78 is 37.7. The summed E-state index contributed by atoms with van der Waals surface area (Å²) in [5, 5.41) is 0. The monoisotopic (exact) mass is 263 g/mol. The maximum atomic E-state index is 12.6. The second-order valence-electron chi connectivity index (χ2n) is 3.58. The van der Waals surface area contributed by atoms with Crippen molar-refractivity contribution in [1.29, 1.82) is 0 Å². The van der Waals surface area contributed by atoms with Crippen LogP contribution in [0, 0.1) is 6.07 Å². The van der Waals surface area contributed by atoms with Gasteiger partial charge in [-0.15, -0.1) is 5.56 Å². The molecule has 1 aliphatic carbocycles. The fourth-order valence-corrected chi connectivity index (χ4v) is 1.96. The first-order valence-electron chi connectivity index (χ1n) is 4.68. The molecule has 1 aromatic rings. The molecule has 0 saturated heterocycles. The Kier molecular flexibility index (Phi) is 3.94. The molecular formula is C11H10F3Zn-. The molecule has 0 aromatic heterocycles. The van der Waals surface area contributed by atoms with Crippen LogP contribution in [0.15, 0.2) is 12.1 Å². The SMILES string of the molecule is FC(F)(F)c1c[c-]cc2c1CCCC2.[Zn]. The van der Waals surface area contributed by atoms with Crippen molar-refractivity contribution in [2.24, 2.45) is 0 Å². The molecule has 2 rings (SSSR count). The minimum atomic E-state index is -4.22. The van der Waals surface area contributed by atoms with Crippen LogP contribution in [0.2, 0.25) is 0 Å². The molecule has 15 heavy (non-hydrogen) atoms. The number of aryl methyl sites for hydroxylation is 1. The van der Waals surface area contributed by atoms with Gasteiger partial charge in [-0.3, -0.25) is 0 Å². The average Bonchev–Trinajstić information content (AvgIpc) is 2.15. The van der Waals surface area contributed by atoms with Crippen LogP contribution in [0.1, 0.15) is 29.5 Å². The minimum absolute atomic E-state index is 0. The summed E-state index contributed by atoms with van der Waals surface area (Å²) in [5.74, 6) is 0. The Labute approximate surface area is 99.6 Å². The standard InChI is InChI=1S/C11H10F3.Zn/c12-11(13,14)10-7-3-5-8-4-1-2-6-9(8)10;/h5,7H,1-2,4,6H2;/q-1;. The molecule has 0 aliphatic heterocycles. The molecule has 78 valence electrons. The molecule has 0 heterocycles. The van der Waals surface area contributed by atoms with Crippen molar-refractivity contribution in [3.63, 3.8) is 0 Å². The zero-order chi connectivity index (χ0) is 10.2. The van der Waals surface area contributed by atoms with E-state index in [1.807, 2.05) is 0 Å². The summed E-state index contributed by atoms with van der Waals surface area (Å²) in [6.45, 7) is 0. The van der Waals surface area contributed by atoms with Gasteiger partial charge in [-0.2, -0.15) is 36.9 Å². The Morgan fingerprint density at radius 2 is 1.73 bits per heavy atom. The molecule has 0 nitrogen and oxygen atoms in total. The number of rotatable bonds is 0. The van der Waals surface area contributed by atoms with Crippen molar-refractivity contribution in [3.05, 3.63) is 34.9 Å². The molecule has 0 unspecified atom stereocenters. The van der Waals surface area contributed by atoms with E-state index >= 15 is 0 Å². The first kappa shape index (κ1) is 12.7. The average molecular weight is 265 g/mol. The molecule has 0 fully saturated rings. The zero-order valence-electron chi connectivity index (χ0n) is 8.32. The van der Waals surface area contributed by atoms with E-state index in [4.69, 9.17) is 0 Å². The van der Waals surface area contributed by atoms with Gasteiger partial charge in [0.2, 0.25) is 0 Å². The summed E-state index contributed by atoms with van der Waals surface area (Å²) in [6, 6.07) is 5.32. The Bertz CT molecular complexity index is 344. The predicted molar refractivity (Wildman–Crippen MR) is 46.9 cm³/mol. The predicted octanol–water partition coefficient (Wildman–Crippen LogP) is 3.38. The van der Waals surface area contributed by atoms with Crippen LogP contribution >= 0.6 is 0 Å². The Morgan fingerprint density at radius 3 is 2.40 bits per heavy atom. The van der Waals surface area contributed by atoms with Gasteiger partial charge in [-0.05, 0) is 6.42 Å². The fourth-order valence-electron chi connectivity index (χ4n) is 1.96. The van der Waals surface area contributed by atoms with Gasteiger partial charge < -0.3 is 0 Å². The van der Waals surface area contributed by atoms with Crippen molar-refractivity contribution in [2.75, 3.05) is 0 Å². The first-order chi connectivity index (χ1) is 6.59. The van der Waals surface area contributed by atoms with Crippen molar-refractivity contribution >= 4 is 0 Å². The third kappa shape index (κ3) is 2.60. The van der Waals surface area contributed by atoms with Gasteiger partial charge in [0.1, 0.15) is 0 Å². The Morgan fingerprint density at radius 1 is 1.07 bits per heavy atom. The largest absolute Gasteiger partial charge is 0.370 e. The second kappa shape index (κ2) is 4.65. The van der Waals surface area contributed by atoms with Gasteiger partial charge in [0.25, 0.3) is 0 Å². The molecular weight excluding hydrogens is 255 g/mol. The van der Waals surface area contributed by atoms with Crippen LogP contribution in [-0.2, 0) is 38.5 Å². The number of hydrogen-bond acceptors (Lipinski definition) is 0. The van der Waals surface area contributed by atoms with Gasteiger partial charge in [-0.1, -0.05) is 24.8 Å². The molecule has 4 heteroatoms. The van der Waals surface area contributed by atoms with Crippen LogP contribution in [0.5, 0.6) is 0 Å². The minimum Gasteiger partial charge on any atom is -0.183 e. The van der Waals surface area contributed by atoms with Crippen molar-refractivity contribution < 1.29 is 32.6 Å². The van der Waals surface area contributed by atoms with Crippen molar-refractivity contribution in [3.8, 4) is 0 Å². The van der Waals surface area contributed by atoms with E-state index in [2.05, 4.69) is 6.07 Å². The maximum Gasteiger partial charge on any atom is 0.370 e. The van der Waals surface area contributed by atoms with E-state index in [1.165, 1.54) is 0 Å². The quantitative estimate of drug-likeness (QED) is 0.498. The van der Waals surface area contributed by atoms with Crippen molar-refractivity contribution in [2.45, 2.75) is 31.9 Å².